The van der Waals surface area contributed by atoms with Crippen molar-refractivity contribution in [1.82, 2.24) is 0 Å². The lowest BCUT2D eigenvalue weighted by Gasteiger charge is -2.32. The van der Waals surface area contributed by atoms with Crippen LogP contribution < -0.4 is 9.80 Å². The number of nitrogens with one attached hydrogen (secondary N) is 1. The Kier molecular flexibility index (Phi) is 3.97. The molecule has 1 aromatic carbocycles. The molecule has 0 radical (unpaired) electrons. The van der Waals surface area contributed by atoms with Gasteiger partial charge in [0, 0.05) is 12.0 Å². The number of hydrogen-bond acceptors (Lipinski definition) is 2. The molecule has 98 valence electrons. The zero-order valence-electron chi connectivity index (χ0n) is 11.0. The highest BCUT2D eigenvalue weighted by Crippen LogP contribution is 2.21. The predicted molar refractivity (Wildman–Crippen MR) is 69.9 cm³/mol. The molecule has 0 saturated carbocycles. The number of rotatable bonds is 3. The van der Waals surface area contributed by atoms with Gasteiger partial charge in [-0.1, -0.05) is 6.92 Å². The van der Waals surface area contributed by atoms with Gasteiger partial charge in [0.15, 0.2) is 5.78 Å². The van der Waals surface area contributed by atoms with Gasteiger partial charge in [0.25, 0.3) is 0 Å². The lowest BCUT2D eigenvalue weighted by molar-refractivity contribution is -0.880. The van der Waals surface area contributed by atoms with Gasteiger partial charge in [-0.25, -0.2) is 4.39 Å². The quantitative estimate of drug-likeness (QED) is 0.802. The van der Waals surface area contributed by atoms with Crippen molar-refractivity contribution < 1.29 is 14.1 Å². The van der Waals surface area contributed by atoms with E-state index in [1.807, 2.05) is 0 Å². The van der Waals surface area contributed by atoms with Gasteiger partial charge in [0.1, 0.15) is 5.82 Å². The van der Waals surface area contributed by atoms with Crippen LogP contribution in [-0.2, 0) is 0 Å². The number of ketones is 1. The van der Waals surface area contributed by atoms with Crippen molar-refractivity contribution in [3.05, 3.63) is 29.6 Å². The number of quaternary nitrogens is 1. The van der Waals surface area contributed by atoms with Crippen LogP contribution in [0.4, 0.5) is 10.1 Å². The molecule has 0 aromatic heterocycles. The molecule has 0 spiro atoms. The number of nitrogens with zero attached hydrogens (tertiary/aromatic N) is 1. The summed E-state index contributed by atoms with van der Waals surface area (Å²) in [4.78, 5) is 15.0. The maximum absolute atomic E-state index is 14.0. The van der Waals surface area contributed by atoms with E-state index in [0.29, 0.717) is 17.7 Å². The third-order valence-electron chi connectivity index (χ3n) is 3.55. The summed E-state index contributed by atoms with van der Waals surface area (Å²) in [5, 5.41) is 0. The Hall–Kier alpha value is -1.42. The van der Waals surface area contributed by atoms with E-state index < -0.39 is 0 Å². The van der Waals surface area contributed by atoms with Crippen molar-refractivity contribution in [1.29, 1.82) is 0 Å². The molecule has 1 N–H and O–H groups in total. The molecule has 1 fully saturated rings. The second-order valence-corrected chi connectivity index (χ2v) is 4.89. The van der Waals surface area contributed by atoms with E-state index in [4.69, 9.17) is 0 Å². The van der Waals surface area contributed by atoms with E-state index in [1.54, 1.807) is 19.1 Å². The highest BCUT2D eigenvalue weighted by molar-refractivity contribution is 5.96. The first-order valence-electron chi connectivity index (χ1n) is 6.50. The van der Waals surface area contributed by atoms with Crippen LogP contribution >= 0.6 is 0 Å². The van der Waals surface area contributed by atoms with Crippen molar-refractivity contribution in [3.63, 3.8) is 0 Å². The fourth-order valence-electron chi connectivity index (χ4n) is 2.27. The van der Waals surface area contributed by atoms with E-state index in [9.17, 15) is 9.18 Å². The Morgan fingerprint density at radius 3 is 2.61 bits per heavy atom. The Bertz CT molecular complexity index is 439. The minimum absolute atomic E-state index is 0.0109. The molecule has 0 amide bonds. The maximum atomic E-state index is 14.0. The van der Waals surface area contributed by atoms with Crippen molar-refractivity contribution >= 4 is 11.5 Å². The lowest BCUT2D eigenvalue weighted by Crippen LogP contribution is -3.12. The van der Waals surface area contributed by atoms with E-state index in [-0.39, 0.29) is 11.6 Å². The minimum Gasteiger partial charge on any atom is -0.358 e. The first-order chi connectivity index (χ1) is 8.61. The number of likely N-dealkylation sites (N-methyl/N-ethyl adjacent to an activating group) is 1. The van der Waals surface area contributed by atoms with Gasteiger partial charge >= 0.3 is 0 Å². The summed E-state index contributed by atoms with van der Waals surface area (Å²) in [5.74, 6) is -0.294. The molecule has 1 saturated heterocycles. The van der Waals surface area contributed by atoms with Gasteiger partial charge < -0.3 is 9.80 Å². The van der Waals surface area contributed by atoms with Crippen LogP contribution in [0.15, 0.2) is 18.2 Å². The second-order valence-electron chi connectivity index (χ2n) is 4.89. The number of Topliss-reactive ketones (excluding diaryl/α,β-unsaturated/α-hetero) is 1. The Morgan fingerprint density at radius 2 is 2.06 bits per heavy atom. The number of halogens is 1. The SMILES string of the molecule is CCC(=O)c1ccc(N2CC[NH+](C)CC2)c(F)c1. The van der Waals surface area contributed by atoms with Crippen LogP contribution in [0.1, 0.15) is 23.7 Å². The zero-order chi connectivity index (χ0) is 13.1. The molecule has 0 unspecified atom stereocenters. The van der Waals surface area contributed by atoms with Crippen LogP contribution in [0.5, 0.6) is 0 Å². The summed E-state index contributed by atoms with van der Waals surface area (Å²) in [7, 11) is 2.15. The van der Waals surface area contributed by atoms with Crippen LogP contribution in [0.2, 0.25) is 0 Å². The third-order valence-corrected chi connectivity index (χ3v) is 3.55. The third kappa shape index (κ3) is 2.70. The summed E-state index contributed by atoms with van der Waals surface area (Å²) in [5.41, 5.74) is 1.09. The van der Waals surface area contributed by atoms with Gasteiger partial charge in [0.05, 0.1) is 38.9 Å². The van der Waals surface area contributed by atoms with Crippen molar-refractivity contribution in [2.45, 2.75) is 13.3 Å². The molecular formula is C14H20FN2O+. The lowest BCUT2D eigenvalue weighted by atomic mass is 10.1. The number of anilines is 1. The van der Waals surface area contributed by atoms with Gasteiger partial charge in [-0.05, 0) is 18.2 Å². The van der Waals surface area contributed by atoms with Crippen molar-refractivity contribution in [2.24, 2.45) is 0 Å². The first-order valence-corrected chi connectivity index (χ1v) is 6.50. The van der Waals surface area contributed by atoms with E-state index >= 15 is 0 Å². The molecule has 1 heterocycles. The normalized spacial score (nSPS) is 16.9. The Balaban J connectivity index is 2.17. The molecule has 18 heavy (non-hydrogen) atoms. The smallest absolute Gasteiger partial charge is 0.162 e. The highest BCUT2D eigenvalue weighted by Gasteiger charge is 2.20. The van der Waals surface area contributed by atoms with Crippen LogP contribution in [0.3, 0.4) is 0 Å². The fourth-order valence-corrected chi connectivity index (χ4v) is 2.27. The topological polar surface area (TPSA) is 24.8 Å². The number of piperazine rings is 1. The summed E-state index contributed by atoms with van der Waals surface area (Å²) < 4.78 is 14.0. The molecular weight excluding hydrogens is 231 g/mol. The minimum atomic E-state index is -0.283. The predicted octanol–water partition coefficient (Wildman–Crippen LogP) is 0.753. The molecule has 4 heteroatoms. The molecule has 0 bridgehead atoms. The number of hydrogen-bond donors (Lipinski definition) is 1. The number of carbonyl (C=O) groups excluding carboxylic acids is 1. The summed E-state index contributed by atoms with van der Waals surface area (Å²) >= 11 is 0. The average molecular weight is 251 g/mol. The van der Waals surface area contributed by atoms with Crippen molar-refractivity contribution in [3.8, 4) is 0 Å². The van der Waals surface area contributed by atoms with Crippen LogP contribution in [0.25, 0.3) is 0 Å². The summed E-state index contributed by atoms with van der Waals surface area (Å²) in [6, 6.07) is 4.83. The number of carbonyl (C=O) groups is 1. The average Bonchev–Trinajstić information content (AvgIpc) is 2.39. The van der Waals surface area contributed by atoms with E-state index in [0.717, 1.165) is 26.2 Å². The highest BCUT2D eigenvalue weighted by atomic mass is 19.1. The summed E-state index contributed by atoms with van der Waals surface area (Å²) in [6.45, 7) is 5.56. The summed E-state index contributed by atoms with van der Waals surface area (Å²) in [6.07, 6.45) is 0.413. The molecule has 1 aromatic rings. The van der Waals surface area contributed by atoms with Gasteiger partial charge in [-0.3, -0.25) is 4.79 Å². The number of benzene rings is 1. The monoisotopic (exact) mass is 251 g/mol. The molecule has 1 aliphatic rings. The fraction of sp³-hybridized carbons (Fsp3) is 0.500. The standard InChI is InChI=1S/C14H19FN2O/c1-3-14(18)11-4-5-13(12(15)10-11)17-8-6-16(2)7-9-17/h4-5,10H,3,6-9H2,1-2H3/p+1. The van der Waals surface area contributed by atoms with E-state index in [2.05, 4.69) is 11.9 Å². The van der Waals surface area contributed by atoms with Gasteiger partial charge in [-0.2, -0.15) is 0 Å². The molecule has 1 aliphatic heterocycles. The molecule has 3 nitrogen and oxygen atoms in total. The van der Waals surface area contributed by atoms with Gasteiger partial charge in [0.2, 0.25) is 0 Å². The maximum Gasteiger partial charge on any atom is 0.162 e. The molecule has 0 atom stereocenters. The van der Waals surface area contributed by atoms with E-state index in [1.165, 1.54) is 11.0 Å². The molecule has 0 aliphatic carbocycles. The zero-order valence-corrected chi connectivity index (χ0v) is 11.0. The van der Waals surface area contributed by atoms with Gasteiger partial charge in [-0.15, -0.1) is 0 Å². The van der Waals surface area contributed by atoms with Crippen molar-refractivity contribution in [2.75, 3.05) is 38.1 Å². The first kappa shape index (κ1) is 13.0. The Morgan fingerprint density at radius 1 is 1.39 bits per heavy atom. The van der Waals surface area contributed by atoms with Crippen LogP contribution in [0, 0.1) is 5.82 Å². The molecule has 2 rings (SSSR count). The van der Waals surface area contributed by atoms with Crippen LogP contribution in [-0.4, -0.2) is 39.0 Å². The Labute approximate surface area is 107 Å². The second kappa shape index (κ2) is 5.48. The largest absolute Gasteiger partial charge is 0.358 e.